The van der Waals surface area contributed by atoms with E-state index < -0.39 is 0 Å². The monoisotopic (exact) mass is 363 g/mol. The van der Waals surface area contributed by atoms with Crippen LogP contribution in [0.5, 0.6) is 0 Å². The molecule has 5 heteroatoms. The number of hydrogen-bond acceptors (Lipinski definition) is 1. The molecule has 1 aromatic rings. The summed E-state index contributed by atoms with van der Waals surface area (Å²) < 4.78 is 0.791. The van der Waals surface area contributed by atoms with Crippen LogP contribution in [0.3, 0.4) is 0 Å². The zero-order chi connectivity index (χ0) is 13.8. The van der Waals surface area contributed by atoms with Crippen molar-refractivity contribution in [2.24, 2.45) is 5.92 Å². The summed E-state index contributed by atoms with van der Waals surface area (Å²) in [7, 11) is 0. The Labute approximate surface area is 132 Å². The molecule has 2 nitrogen and oxygen atoms in total. The number of carbonyl (C=O) groups is 1. The second-order valence-corrected chi connectivity index (χ2v) is 6.72. The van der Waals surface area contributed by atoms with Gasteiger partial charge in [-0.2, -0.15) is 0 Å². The van der Waals surface area contributed by atoms with Crippen LogP contribution in [-0.2, 0) is 0 Å². The van der Waals surface area contributed by atoms with Crippen molar-refractivity contribution in [1.82, 2.24) is 5.32 Å². The molecule has 0 bridgehead atoms. The highest BCUT2D eigenvalue weighted by Crippen LogP contribution is 2.28. The molecule has 2 unspecified atom stereocenters. The molecule has 2 atom stereocenters. The van der Waals surface area contributed by atoms with Crippen molar-refractivity contribution in [3.63, 3.8) is 0 Å². The summed E-state index contributed by atoms with van der Waals surface area (Å²) in [6, 6.07) is 5.20. The van der Waals surface area contributed by atoms with Crippen molar-refractivity contribution in [3.8, 4) is 0 Å². The van der Waals surface area contributed by atoms with Crippen molar-refractivity contribution >= 4 is 45.0 Å². The van der Waals surface area contributed by atoms with E-state index in [1.807, 2.05) is 0 Å². The summed E-state index contributed by atoms with van der Waals surface area (Å²) in [5.41, 5.74) is 0.579. The van der Waals surface area contributed by atoms with Crippen LogP contribution < -0.4 is 5.32 Å². The first-order chi connectivity index (χ1) is 9.08. The van der Waals surface area contributed by atoms with Gasteiger partial charge in [-0.05, 0) is 52.9 Å². The fourth-order valence-corrected chi connectivity index (χ4v) is 3.15. The van der Waals surface area contributed by atoms with Crippen molar-refractivity contribution < 1.29 is 4.79 Å². The van der Waals surface area contributed by atoms with Crippen LogP contribution in [0, 0.1) is 5.92 Å². The first-order valence-electron chi connectivity index (χ1n) is 6.45. The summed E-state index contributed by atoms with van der Waals surface area (Å²) in [6.07, 6.45) is 4.54. The van der Waals surface area contributed by atoms with Gasteiger partial charge in [0.1, 0.15) is 0 Å². The molecule has 1 saturated carbocycles. The van der Waals surface area contributed by atoms with Crippen molar-refractivity contribution in [2.45, 2.75) is 31.1 Å². The highest BCUT2D eigenvalue weighted by atomic mass is 79.9. The number of alkyl halides is 1. The van der Waals surface area contributed by atoms with Crippen LogP contribution in [0.4, 0.5) is 0 Å². The van der Waals surface area contributed by atoms with Gasteiger partial charge in [0.2, 0.25) is 0 Å². The Morgan fingerprint density at radius 2 is 2.11 bits per heavy atom. The third-order valence-electron chi connectivity index (χ3n) is 3.52. The number of benzene rings is 1. The van der Waals surface area contributed by atoms with Gasteiger partial charge in [0, 0.05) is 22.0 Å². The van der Waals surface area contributed by atoms with Crippen LogP contribution in [0.2, 0.25) is 5.02 Å². The zero-order valence-corrected chi connectivity index (χ0v) is 13.6. The Kier molecular flexibility index (Phi) is 5.55. The van der Waals surface area contributed by atoms with Crippen LogP contribution in [-0.4, -0.2) is 17.8 Å². The number of halogens is 3. The average molecular weight is 365 g/mol. The van der Waals surface area contributed by atoms with Crippen LogP contribution in [0.25, 0.3) is 0 Å². The highest BCUT2D eigenvalue weighted by Gasteiger charge is 2.23. The van der Waals surface area contributed by atoms with E-state index in [2.05, 4.69) is 21.2 Å². The number of nitrogens with one attached hydrogen (secondary N) is 1. The Hall–Kier alpha value is -0.250. The van der Waals surface area contributed by atoms with Gasteiger partial charge in [-0.3, -0.25) is 4.79 Å². The lowest BCUT2D eigenvalue weighted by Crippen LogP contribution is -2.34. The minimum Gasteiger partial charge on any atom is -0.352 e. The van der Waals surface area contributed by atoms with E-state index in [1.54, 1.807) is 18.2 Å². The summed E-state index contributed by atoms with van der Waals surface area (Å²) in [5.74, 6) is 0.286. The number of rotatable bonds is 3. The van der Waals surface area contributed by atoms with Gasteiger partial charge >= 0.3 is 0 Å². The maximum Gasteiger partial charge on any atom is 0.251 e. The van der Waals surface area contributed by atoms with E-state index in [1.165, 1.54) is 12.8 Å². The second-order valence-electron chi connectivity index (χ2n) is 4.90. The lowest BCUT2D eigenvalue weighted by Gasteiger charge is -2.27. The molecule has 0 spiro atoms. The van der Waals surface area contributed by atoms with E-state index >= 15 is 0 Å². The Morgan fingerprint density at radius 1 is 1.37 bits per heavy atom. The molecule has 104 valence electrons. The molecular weight excluding hydrogens is 349 g/mol. The maximum atomic E-state index is 12.0. The molecule has 1 amide bonds. The number of carbonyl (C=O) groups excluding carboxylic acids is 1. The Morgan fingerprint density at radius 3 is 2.79 bits per heavy atom. The van der Waals surface area contributed by atoms with Gasteiger partial charge in [-0.25, -0.2) is 0 Å². The van der Waals surface area contributed by atoms with Gasteiger partial charge in [-0.15, -0.1) is 11.6 Å². The van der Waals surface area contributed by atoms with Gasteiger partial charge in [0.25, 0.3) is 5.91 Å². The van der Waals surface area contributed by atoms with Crippen LogP contribution in [0.1, 0.15) is 36.0 Å². The molecule has 0 heterocycles. The standard InChI is InChI=1S/C14H16BrCl2NO/c15-11-6-5-9(7-13(11)17)14(19)18-8-10-3-1-2-4-12(10)16/h5-7,10,12H,1-4,8H2,(H,18,19). The fourth-order valence-electron chi connectivity index (χ4n) is 2.36. The van der Waals surface area contributed by atoms with E-state index in [-0.39, 0.29) is 11.3 Å². The lowest BCUT2D eigenvalue weighted by molar-refractivity contribution is 0.0944. The van der Waals surface area contributed by atoms with Crippen molar-refractivity contribution in [1.29, 1.82) is 0 Å². The van der Waals surface area contributed by atoms with E-state index in [0.29, 0.717) is 23.0 Å². The zero-order valence-electron chi connectivity index (χ0n) is 10.5. The summed E-state index contributed by atoms with van der Waals surface area (Å²) in [6.45, 7) is 0.640. The molecule has 1 N–H and O–H groups in total. The topological polar surface area (TPSA) is 29.1 Å². The van der Waals surface area contributed by atoms with Crippen molar-refractivity contribution in [3.05, 3.63) is 33.3 Å². The molecule has 19 heavy (non-hydrogen) atoms. The van der Waals surface area contributed by atoms with Gasteiger partial charge in [-0.1, -0.05) is 24.4 Å². The van der Waals surface area contributed by atoms with E-state index in [9.17, 15) is 4.79 Å². The SMILES string of the molecule is O=C(NCC1CCCCC1Cl)c1ccc(Br)c(Cl)c1. The first-order valence-corrected chi connectivity index (χ1v) is 8.06. The molecule has 1 aliphatic rings. The molecule has 1 fully saturated rings. The van der Waals surface area contributed by atoms with Crippen LogP contribution >= 0.6 is 39.1 Å². The third-order valence-corrected chi connectivity index (χ3v) is 5.33. The smallest absolute Gasteiger partial charge is 0.251 e. The second kappa shape index (κ2) is 6.96. The third kappa shape index (κ3) is 4.11. The van der Waals surface area contributed by atoms with Gasteiger partial charge in [0.05, 0.1) is 5.02 Å². The van der Waals surface area contributed by atoms with Crippen LogP contribution in [0.15, 0.2) is 22.7 Å². The van der Waals surface area contributed by atoms with Gasteiger partial charge < -0.3 is 5.32 Å². The quantitative estimate of drug-likeness (QED) is 0.778. The molecule has 1 aromatic carbocycles. The molecule has 0 radical (unpaired) electrons. The summed E-state index contributed by atoms with van der Waals surface area (Å²) in [5, 5.41) is 3.67. The summed E-state index contributed by atoms with van der Waals surface area (Å²) >= 11 is 15.6. The van der Waals surface area contributed by atoms with E-state index in [4.69, 9.17) is 23.2 Å². The summed E-state index contributed by atoms with van der Waals surface area (Å²) in [4.78, 5) is 12.0. The molecular formula is C14H16BrCl2NO. The molecule has 0 saturated heterocycles. The van der Waals surface area contributed by atoms with Crippen molar-refractivity contribution in [2.75, 3.05) is 6.54 Å². The number of hydrogen-bond donors (Lipinski definition) is 1. The number of amides is 1. The predicted molar refractivity (Wildman–Crippen MR) is 83.1 cm³/mol. The predicted octanol–water partition coefficient (Wildman–Crippen LogP) is 4.63. The average Bonchev–Trinajstić information content (AvgIpc) is 2.40. The largest absolute Gasteiger partial charge is 0.352 e. The Balaban J connectivity index is 1.91. The lowest BCUT2D eigenvalue weighted by atomic mass is 9.88. The highest BCUT2D eigenvalue weighted by molar-refractivity contribution is 9.10. The molecule has 0 aromatic heterocycles. The minimum absolute atomic E-state index is 0.0937. The van der Waals surface area contributed by atoms with E-state index in [0.717, 1.165) is 17.3 Å². The molecule has 2 rings (SSSR count). The minimum atomic E-state index is -0.0937. The fraction of sp³-hybridized carbons (Fsp3) is 0.500. The first kappa shape index (κ1) is 15.1. The molecule has 1 aliphatic carbocycles. The van der Waals surface area contributed by atoms with Gasteiger partial charge in [0.15, 0.2) is 0 Å². The Bertz CT molecular complexity index is 467. The molecule has 0 aliphatic heterocycles. The normalized spacial score (nSPS) is 23.1. The maximum absolute atomic E-state index is 12.0.